The van der Waals surface area contributed by atoms with Crippen molar-refractivity contribution >= 4 is 23.3 Å². The fourth-order valence-corrected chi connectivity index (χ4v) is 3.90. The van der Waals surface area contributed by atoms with Gasteiger partial charge < -0.3 is 9.30 Å². The molecule has 0 atom stereocenters. The number of nitrogens with zero attached hydrogens (tertiary/aromatic N) is 3. The molecule has 0 aliphatic rings. The molecule has 0 saturated carbocycles. The third-order valence-electron chi connectivity index (χ3n) is 4.71. The van der Waals surface area contributed by atoms with E-state index in [2.05, 4.69) is 25.0 Å². The number of aromatic nitrogens is 2. The van der Waals surface area contributed by atoms with Gasteiger partial charge in [-0.2, -0.15) is 0 Å². The highest BCUT2D eigenvalue weighted by molar-refractivity contribution is 7.98. The predicted molar refractivity (Wildman–Crippen MR) is 108 cm³/mol. The van der Waals surface area contributed by atoms with Crippen molar-refractivity contribution < 1.29 is 4.79 Å². The van der Waals surface area contributed by atoms with E-state index in [1.165, 1.54) is 0 Å². The summed E-state index contributed by atoms with van der Waals surface area (Å²) in [7, 11) is 1.89. The Kier molecular flexibility index (Phi) is 5.99. The van der Waals surface area contributed by atoms with Crippen LogP contribution >= 0.6 is 11.8 Å². The van der Waals surface area contributed by atoms with Gasteiger partial charge in [-0.15, -0.1) is 11.8 Å². The van der Waals surface area contributed by atoms with Gasteiger partial charge in [0.05, 0.1) is 5.69 Å². The Bertz CT molecular complexity index is 835. The van der Waals surface area contributed by atoms with E-state index in [4.69, 9.17) is 0 Å². The number of imidazole rings is 1. The van der Waals surface area contributed by atoms with Gasteiger partial charge in [-0.05, 0) is 49.2 Å². The van der Waals surface area contributed by atoms with Gasteiger partial charge in [0.25, 0.3) is 5.91 Å². The molecule has 0 fully saturated rings. The fraction of sp³-hybridized carbons (Fsp3) is 0.333. The minimum absolute atomic E-state index is 0.0931. The van der Waals surface area contributed by atoms with Gasteiger partial charge in [0.1, 0.15) is 5.65 Å². The highest BCUT2D eigenvalue weighted by atomic mass is 32.2. The van der Waals surface area contributed by atoms with Crippen LogP contribution in [0.1, 0.15) is 42.7 Å². The molecule has 136 valence electrons. The summed E-state index contributed by atoms with van der Waals surface area (Å²) in [5.41, 5.74) is 2.76. The number of pyridine rings is 1. The summed E-state index contributed by atoms with van der Waals surface area (Å²) in [6, 6.07) is 14.2. The zero-order valence-corrected chi connectivity index (χ0v) is 16.4. The van der Waals surface area contributed by atoms with Crippen LogP contribution in [0.5, 0.6) is 0 Å². The first-order chi connectivity index (χ1) is 12.6. The van der Waals surface area contributed by atoms with Crippen molar-refractivity contribution in [3.05, 3.63) is 66.1 Å². The summed E-state index contributed by atoms with van der Waals surface area (Å²) in [6.45, 7) is 4.24. The Labute approximate surface area is 159 Å². The molecular weight excluding hydrogens is 342 g/mol. The molecule has 0 N–H and O–H groups in total. The second-order valence-corrected chi connectivity index (χ2v) is 7.45. The average molecular weight is 368 g/mol. The molecule has 2 heterocycles. The van der Waals surface area contributed by atoms with Crippen LogP contribution in [0.25, 0.3) is 5.65 Å². The number of amides is 1. The molecule has 0 spiro atoms. The highest BCUT2D eigenvalue weighted by Crippen LogP contribution is 2.23. The van der Waals surface area contributed by atoms with Crippen LogP contribution in [0.3, 0.4) is 0 Å². The number of carbonyl (C=O) groups is 1. The summed E-state index contributed by atoms with van der Waals surface area (Å²) in [5.74, 6) is 0.901. The lowest BCUT2D eigenvalue weighted by Crippen LogP contribution is -2.36. The third kappa shape index (κ3) is 4.10. The predicted octanol–water partition coefficient (Wildman–Crippen LogP) is 4.89. The maximum atomic E-state index is 12.6. The van der Waals surface area contributed by atoms with Crippen molar-refractivity contribution in [2.75, 3.05) is 7.05 Å². The van der Waals surface area contributed by atoms with E-state index in [-0.39, 0.29) is 5.91 Å². The number of benzene rings is 1. The van der Waals surface area contributed by atoms with E-state index >= 15 is 0 Å². The Morgan fingerprint density at radius 2 is 1.88 bits per heavy atom. The van der Waals surface area contributed by atoms with Gasteiger partial charge in [-0.25, -0.2) is 4.98 Å². The van der Waals surface area contributed by atoms with Crippen LogP contribution in [-0.2, 0) is 5.75 Å². The van der Waals surface area contributed by atoms with Crippen LogP contribution in [0.15, 0.2) is 59.8 Å². The Balaban J connectivity index is 1.63. The summed E-state index contributed by atoms with van der Waals surface area (Å²) in [5, 5.41) is 0. The molecule has 1 amide bonds. The molecule has 0 aliphatic heterocycles. The van der Waals surface area contributed by atoms with Gasteiger partial charge in [0, 0.05) is 41.7 Å². The molecule has 26 heavy (non-hydrogen) atoms. The molecular formula is C21H25N3OS. The highest BCUT2D eigenvalue weighted by Gasteiger charge is 2.18. The minimum Gasteiger partial charge on any atom is -0.339 e. The number of fused-ring (bicyclic) bond motifs is 1. The molecule has 3 aromatic rings. The molecule has 3 rings (SSSR count). The molecule has 0 unspecified atom stereocenters. The van der Waals surface area contributed by atoms with Crippen LogP contribution in [0.2, 0.25) is 0 Å². The van der Waals surface area contributed by atoms with Crippen molar-refractivity contribution in [1.29, 1.82) is 0 Å². The van der Waals surface area contributed by atoms with Gasteiger partial charge in [-0.3, -0.25) is 4.79 Å². The normalized spacial score (nSPS) is 11.2. The van der Waals surface area contributed by atoms with Crippen LogP contribution in [0, 0.1) is 0 Å². The van der Waals surface area contributed by atoms with E-state index in [9.17, 15) is 4.79 Å². The maximum Gasteiger partial charge on any atom is 0.253 e. The number of thioether (sulfide) groups is 1. The Hall–Kier alpha value is -2.27. The molecule has 4 nitrogen and oxygen atoms in total. The van der Waals surface area contributed by atoms with Gasteiger partial charge >= 0.3 is 0 Å². The topological polar surface area (TPSA) is 37.6 Å². The summed E-state index contributed by atoms with van der Waals surface area (Å²) >= 11 is 1.73. The zero-order valence-electron chi connectivity index (χ0n) is 15.6. The summed E-state index contributed by atoms with van der Waals surface area (Å²) < 4.78 is 2.03. The number of hydrogen-bond acceptors (Lipinski definition) is 3. The minimum atomic E-state index is 0.0931. The van der Waals surface area contributed by atoms with Crippen molar-refractivity contribution in [3.63, 3.8) is 0 Å². The van der Waals surface area contributed by atoms with Crippen LogP contribution in [-0.4, -0.2) is 33.3 Å². The van der Waals surface area contributed by atoms with E-state index < -0.39 is 0 Å². The number of hydrogen-bond donors (Lipinski definition) is 0. The van der Waals surface area contributed by atoms with Crippen molar-refractivity contribution in [2.45, 2.75) is 43.4 Å². The maximum absolute atomic E-state index is 12.6. The smallest absolute Gasteiger partial charge is 0.253 e. The summed E-state index contributed by atoms with van der Waals surface area (Å²) in [6.07, 6.45) is 6.02. The second-order valence-electron chi connectivity index (χ2n) is 6.40. The van der Waals surface area contributed by atoms with Crippen molar-refractivity contribution in [2.24, 2.45) is 0 Å². The lowest BCUT2D eigenvalue weighted by molar-refractivity contribution is 0.0723. The largest absolute Gasteiger partial charge is 0.339 e. The number of carbonyl (C=O) groups excluding carboxylic acids is 1. The molecule has 5 heteroatoms. The number of rotatable bonds is 7. The standard InChI is InChI=1S/C21H25N3OS/c1-4-18(5-2)23(3)21(25)16-9-11-19(12-10-16)26-15-17-14-24-13-7-6-8-20(24)22-17/h6-14,18H,4-5,15H2,1-3H3. The first-order valence-corrected chi connectivity index (χ1v) is 10.0. The molecule has 0 bridgehead atoms. The molecule has 0 radical (unpaired) electrons. The van der Waals surface area contributed by atoms with Crippen molar-refractivity contribution in [1.82, 2.24) is 14.3 Å². The van der Waals surface area contributed by atoms with E-state index in [0.29, 0.717) is 6.04 Å². The van der Waals surface area contributed by atoms with Crippen molar-refractivity contribution in [3.8, 4) is 0 Å². The van der Waals surface area contributed by atoms with Gasteiger partial charge in [0.2, 0.25) is 0 Å². The first-order valence-electron chi connectivity index (χ1n) is 9.05. The van der Waals surface area contributed by atoms with E-state index in [1.807, 2.05) is 65.0 Å². The molecule has 0 aliphatic carbocycles. The van der Waals surface area contributed by atoms with E-state index in [0.717, 1.165) is 40.4 Å². The summed E-state index contributed by atoms with van der Waals surface area (Å²) in [4.78, 5) is 20.2. The lowest BCUT2D eigenvalue weighted by Gasteiger charge is -2.26. The van der Waals surface area contributed by atoms with E-state index in [1.54, 1.807) is 11.8 Å². The molecule has 0 saturated heterocycles. The van der Waals surface area contributed by atoms with Gasteiger partial charge in [-0.1, -0.05) is 19.9 Å². The Morgan fingerprint density at radius 3 is 2.54 bits per heavy atom. The Morgan fingerprint density at radius 1 is 1.15 bits per heavy atom. The zero-order chi connectivity index (χ0) is 18.5. The van der Waals surface area contributed by atoms with Crippen LogP contribution in [0.4, 0.5) is 0 Å². The molecule has 2 aromatic heterocycles. The quantitative estimate of drug-likeness (QED) is 0.558. The lowest BCUT2D eigenvalue weighted by atomic mass is 10.1. The fourth-order valence-electron chi connectivity index (χ4n) is 3.11. The molecule has 1 aromatic carbocycles. The second kappa shape index (κ2) is 8.41. The average Bonchev–Trinajstić information content (AvgIpc) is 3.10. The third-order valence-corrected chi connectivity index (χ3v) is 5.76. The van der Waals surface area contributed by atoms with Crippen LogP contribution < -0.4 is 0 Å². The first kappa shape index (κ1) is 18.5. The van der Waals surface area contributed by atoms with Gasteiger partial charge in [0.15, 0.2) is 0 Å². The SMILES string of the molecule is CCC(CC)N(C)C(=O)c1ccc(SCc2cn3ccccc3n2)cc1. The monoisotopic (exact) mass is 367 g/mol.